The van der Waals surface area contributed by atoms with Gasteiger partial charge in [-0.05, 0) is 0 Å². The maximum atomic E-state index is 11.5. The van der Waals surface area contributed by atoms with Gasteiger partial charge in [0.2, 0.25) is 11.8 Å². The van der Waals surface area contributed by atoms with Crippen molar-refractivity contribution < 1.29 is 28.7 Å². The van der Waals surface area contributed by atoms with Crippen molar-refractivity contribution in [3.8, 4) is 0 Å². The van der Waals surface area contributed by atoms with Gasteiger partial charge in [0.25, 0.3) is 0 Å². The molecule has 0 spiro atoms. The highest BCUT2D eigenvalue weighted by atomic mass is 16.6. The molecule has 0 aromatic rings. The van der Waals surface area contributed by atoms with Gasteiger partial charge in [0.15, 0.2) is 6.61 Å². The van der Waals surface area contributed by atoms with Gasteiger partial charge in [0, 0.05) is 46.6 Å². The van der Waals surface area contributed by atoms with Gasteiger partial charge in [0.05, 0.1) is 13.5 Å². The molecular weight excluding hydrogens is 306 g/mol. The monoisotopic (exact) mass is 331 g/mol. The Bertz CT molecular complexity index is 393. The van der Waals surface area contributed by atoms with E-state index in [9.17, 15) is 19.2 Å². The number of hydrogen-bond donors (Lipinski definition) is 2. The lowest BCUT2D eigenvalue weighted by Crippen LogP contribution is -2.39. The number of esters is 2. The van der Waals surface area contributed by atoms with Crippen LogP contribution in [0.3, 0.4) is 0 Å². The van der Waals surface area contributed by atoms with Gasteiger partial charge in [-0.1, -0.05) is 0 Å². The Morgan fingerprint density at radius 1 is 0.870 bits per heavy atom. The van der Waals surface area contributed by atoms with Gasteiger partial charge in [0.1, 0.15) is 0 Å². The number of hydrogen-bond acceptors (Lipinski definition) is 7. The number of carbonyl (C=O) groups is 4. The van der Waals surface area contributed by atoms with Crippen molar-refractivity contribution >= 4 is 23.8 Å². The van der Waals surface area contributed by atoms with E-state index >= 15 is 0 Å². The van der Waals surface area contributed by atoms with Gasteiger partial charge in [-0.3, -0.25) is 19.3 Å². The quantitative estimate of drug-likeness (QED) is 0.451. The highest BCUT2D eigenvalue weighted by molar-refractivity contribution is 5.76. The van der Waals surface area contributed by atoms with E-state index in [1.807, 2.05) is 4.90 Å². The molecule has 132 valence electrons. The fraction of sp³-hybridized carbons (Fsp3) is 0.714. The summed E-state index contributed by atoms with van der Waals surface area (Å²) in [6.45, 7) is 4.76. The average molecular weight is 331 g/mol. The molecule has 0 atom stereocenters. The van der Waals surface area contributed by atoms with Gasteiger partial charge < -0.3 is 20.1 Å². The third kappa shape index (κ3) is 13.2. The fourth-order valence-electron chi connectivity index (χ4n) is 1.64. The molecule has 0 radical (unpaired) electrons. The van der Waals surface area contributed by atoms with Crippen LogP contribution in [-0.4, -0.2) is 75.1 Å². The number of rotatable bonds is 11. The first kappa shape index (κ1) is 20.8. The van der Waals surface area contributed by atoms with Crippen molar-refractivity contribution in [2.75, 3.05) is 46.4 Å². The van der Waals surface area contributed by atoms with Crippen LogP contribution >= 0.6 is 0 Å². The highest BCUT2D eigenvalue weighted by Crippen LogP contribution is 1.94. The van der Waals surface area contributed by atoms with Crippen molar-refractivity contribution in [1.29, 1.82) is 0 Å². The molecule has 2 amide bonds. The first-order valence-electron chi connectivity index (χ1n) is 7.28. The molecule has 0 aliphatic rings. The van der Waals surface area contributed by atoms with Crippen molar-refractivity contribution in [3.63, 3.8) is 0 Å². The van der Waals surface area contributed by atoms with Crippen LogP contribution in [0.1, 0.15) is 20.3 Å². The first-order chi connectivity index (χ1) is 10.8. The molecule has 0 saturated heterocycles. The Morgan fingerprint density at radius 2 is 1.39 bits per heavy atom. The van der Waals surface area contributed by atoms with E-state index in [4.69, 9.17) is 4.74 Å². The number of amides is 2. The molecule has 9 heteroatoms. The van der Waals surface area contributed by atoms with Crippen LogP contribution in [-0.2, 0) is 28.7 Å². The molecular formula is C14H25N3O6. The summed E-state index contributed by atoms with van der Waals surface area (Å²) >= 11 is 0. The van der Waals surface area contributed by atoms with E-state index in [1.54, 1.807) is 0 Å². The molecule has 0 rings (SSSR count). The lowest BCUT2D eigenvalue weighted by molar-refractivity contribution is -0.157. The standard InChI is InChI=1S/C14H25N3O6/c1-11(18)15-5-8-17(9-6-16-12(2)19)7-4-13(20)23-10-14(21)22-3/h4-10H2,1-3H3,(H,15,18)(H,16,19). The van der Waals surface area contributed by atoms with Gasteiger partial charge >= 0.3 is 11.9 Å². The SMILES string of the molecule is COC(=O)COC(=O)CCN(CCNC(C)=O)CCNC(C)=O. The van der Waals surface area contributed by atoms with Gasteiger partial charge in [-0.25, -0.2) is 4.79 Å². The molecule has 0 aromatic carbocycles. The summed E-state index contributed by atoms with van der Waals surface area (Å²) in [5, 5.41) is 5.33. The zero-order valence-corrected chi connectivity index (χ0v) is 13.8. The summed E-state index contributed by atoms with van der Waals surface area (Å²) in [6, 6.07) is 0. The van der Waals surface area contributed by atoms with E-state index in [2.05, 4.69) is 15.4 Å². The molecule has 0 fully saturated rings. The topological polar surface area (TPSA) is 114 Å². The number of methoxy groups -OCH3 is 1. The Morgan fingerprint density at radius 3 is 1.83 bits per heavy atom. The number of nitrogens with zero attached hydrogens (tertiary/aromatic N) is 1. The molecule has 23 heavy (non-hydrogen) atoms. The van der Waals surface area contributed by atoms with E-state index in [0.717, 1.165) is 0 Å². The second kappa shape index (κ2) is 12.4. The van der Waals surface area contributed by atoms with E-state index in [1.165, 1.54) is 21.0 Å². The highest BCUT2D eigenvalue weighted by Gasteiger charge is 2.11. The molecule has 9 nitrogen and oxygen atoms in total. The second-order valence-electron chi connectivity index (χ2n) is 4.79. The summed E-state index contributed by atoms with van der Waals surface area (Å²) < 4.78 is 9.12. The molecule has 2 N–H and O–H groups in total. The number of ether oxygens (including phenoxy) is 2. The Labute approximate surface area is 135 Å². The molecule has 0 aromatic heterocycles. The van der Waals surface area contributed by atoms with E-state index < -0.39 is 18.5 Å². The minimum Gasteiger partial charge on any atom is -0.466 e. The molecule has 0 heterocycles. The normalized spacial score (nSPS) is 10.1. The van der Waals surface area contributed by atoms with Gasteiger partial charge in [-0.15, -0.1) is 0 Å². The third-order valence-electron chi connectivity index (χ3n) is 2.81. The van der Waals surface area contributed by atoms with Crippen LogP contribution in [0, 0.1) is 0 Å². The summed E-state index contributed by atoms with van der Waals surface area (Å²) in [7, 11) is 1.21. The maximum absolute atomic E-state index is 11.5. The number of nitrogens with one attached hydrogen (secondary N) is 2. The van der Waals surface area contributed by atoms with Crippen LogP contribution in [0.5, 0.6) is 0 Å². The maximum Gasteiger partial charge on any atom is 0.344 e. The average Bonchev–Trinajstić information content (AvgIpc) is 2.48. The first-order valence-corrected chi connectivity index (χ1v) is 7.28. The zero-order chi connectivity index (χ0) is 17.7. The van der Waals surface area contributed by atoms with Crippen LogP contribution in [0.4, 0.5) is 0 Å². The van der Waals surface area contributed by atoms with Crippen LogP contribution in [0.2, 0.25) is 0 Å². The van der Waals surface area contributed by atoms with Crippen LogP contribution < -0.4 is 10.6 Å². The van der Waals surface area contributed by atoms with Crippen molar-refractivity contribution in [1.82, 2.24) is 15.5 Å². The largest absolute Gasteiger partial charge is 0.466 e. The van der Waals surface area contributed by atoms with Crippen molar-refractivity contribution in [2.24, 2.45) is 0 Å². The number of carbonyl (C=O) groups excluding carboxylic acids is 4. The summed E-state index contributed by atoms with van der Waals surface area (Å²) in [4.78, 5) is 46.1. The van der Waals surface area contributed by atoms with Crippen LogP contribution in [0.15, 0.2) is 0 Å². The van der Waals surface area contributed by atoms with Gasteiger partial charge in [-0.2, -0.15) is 0 Å². The van der Waals surface area contributed by atoms with Crippen LogP contribution in [0.25, 0.3) is 0 Å². The second-order valence-corrected chi connectivity index (χ2v) is 4.79. The smallest absolute Gasteiger partial charge is 0.344 e. The molecule has 0 unspecified atom stereocenters. The van der Waals surface area contributed by atoms with Crippen molar-refractivity contribution in [3.05, 3.63) is 0 Å². The predicted molar refractivity (Wildman–Crippen MR) is 81.4 cm³/mol. The molecule has 0 saturated carbocycles. The molecule has 0 aliphatic carbocycles. The minimum absolute atomic E-state index is 0.0944. The lowest BCUT2D eigenvalue weighted by Gasteiger charge is -2.22. The van der Waals surface area contributed by atoms with E-state index in [-0.39, 0.29) is 18.2 Å². The molecule has 0 aliphatic heterocycles. The summed E-state index contributed by atoms with van der Waals surface area (Å²) in [5.74, 6) is -1.40. The Kier molecular flexibility index (Phi) is 11.2. The zero-order valence-electron chi connectivity index (χ0n) is 13.8. The minimum atomic E-state index is -0.619. The Balaban J connectivity index is 4.15. The van der Waals surface area contributed by atoms with E-state index in [0.29, 0.717) is 32.7 Å². The predicted octanol–water partition coefficient (Wildman–Crippen LogP) is -1.33. The van der Waals surface area contributed by atoms with Crippen molar-refractivity contribution in [2.45, 2.75) is 20.3 Å². The summed E-state index contributed by atoms with van der Waals surface area (Å²) in [5.41, 5.74) is 0. The summed E-state index contributed by atoms with van der Waals surface area (Å²) in [6.07, 6.45) is 0.0944. The fourth-order valence-corrected chi connectivity index (χ4v) is 1.64. The molecule has 0 bridgehead atoms. The third-order valence-corrected chi connectivity index (χ3v) is 2.81. The lowest BCUT2D eigenvalue weighted by atomic mass is 10.3. The Hall–Kier alpha value is -2.16.